The molecule has 0 fully saturated rings. The number of aromatic hydroxyl groups is 1. The average Bonchev–Trinajstić information content (AvgIpc) is 2.68. The first-order valence-corrected chi connectivity index (χ1v) is 8.86. The maximum Gasteiger partial charge on any atom is 0.277 e. The van der Waals surface area contributed by atoms with Crippen LogP contribution in [0.5, 0.6) is 23.0 Å². The van der Waals surface area contributed by atoms with E-state index in [9.17, 15) is 9.90 Å². The number of hydrogen-bond acceptors (Lipinski definition) is 6. The van der Waals surface area contributed by atoms with E-state index < -0.39 is 0 Å². The summed E-state index contributed by atoms with van der Waals surface area (Å²) < 4.78 is 15.8. The number of methoxy groups -OCH3 is 2. The molecule has 2 aromatic carbocycles. The largest absolute Gasteiger partial charge is 0.502 e. The van der Waals surface area contributed by atoms with Gasteiger partial charge in [0.2, 0.25) is 5.75 Å². The van der Waals surface area contributed by atoms with Crippen LogP contribution in [0, 0.1) is 6.92 Å². The van der Waals surface area contributed by atoms with Gasteiger partial charge in [0.25, 0.3) is 5.91 Å². The monoisotopic (exact) mass is 386 g/mol. The van der Waals surface area contributed by atoms with Crippen molar-refractivity contribution < 1.29 is 24.1 Å². The van der Waals surface area contributed by atoms with Crippen molar-refractivity contribution in [2.75, 3.05) is 20.8 Å². The lowest BCUT2D eigenvalue weighted by Crippen LogP contribution is -2.24. The highest BCUT2D eigenvalue weighted by atomic mass is 16.5. The molecule has 0 saturated carbocycles. The van der Waals surface area contributed by atoms with Crippen LogP contribution < -0.4 is 19.6 Å². The van der Waals surface area contributed by atoms with Gasteiger partial charge in [0.15, 0.2) is 18.1 Å². The lowest BCUT2D eigenvalue weighted by Gasteiger charge is -2.12. The zero-order valence-electron chi connectivity index (χ0n) is 16.8. The molecule has 1 amide bonds. The molecule has 28 heavy (non-hydrogen) atoms. The van der Waals surface area contributed by atoms with Gasteiger partial charge >= 0.3 is 0 Å². The third kappa shape index (κ3) is 5.39. The number of ether oxygens (including phenoxy) is 3. The molecule has 2 N–H and O–H groups in total. The highest BCUT2D eigenvalue weighted by Crippen LogP contribution is 2.36. The highest BCUT2D eigenvalue weighted by molar-refractivity contribution is 5.84. The molecular formula is C21H26N2O5. The minimum Gasteiger partial charge on any atom is -0.502 e. The first-order chi connectivity index (χ1) is 13.3. The molecule has 2 rings (SSSR count). The average molecular weight is 386 g/mol. The van der Waals surface area contributed by atoms with Crippen molar-refractivity contribution in [3.63, 3.8) is 0 Å². The topological polar surface area (TPSA) is 89.4 Å². The SMILES string of the molecule is COc1cc(C=NNC(=O)COc2cc(C(C)C)ccc2C)cc(OC)c1O. The summed E-state index contributed by atoms with van der Waals surface area (Å²) >= 11 is 0. The maximum absolute atomic E-state index is 12.0. The molecule has 150 valence electrons. The van der Waals surface area contributed by atoms with Crippen LogP contribution in [-0.4, -0.2) is 38.1 Å². The third-order valence-corrected chi connectivity index (χ3v) is 4.14. The lowest BCUT2D eigenvalue weighted by molar-refractivity contribution is -0.123. The van der Waals surface area contributed by atoms with Gasteiger partial charge in [-0.25, -0.2) is 5.43 Å². The number of carbonyl (C=O) groups excluding carboxylic acids is 1. The lowest BCUT2D eigenvalue weighted by atomic mass is 10.0. The Balaban J connectivity index is 1.97. The first kappa shape index (κ1) is 21.1. The minimum absolute atomic E-state index is 0.0985. The second-order valence-electron chi connectivity index (χ2n) is 6.54. The Labute approximate surface area is 164 Å². The molecule has 0 aliphatic heterocycles. The number of rotatable bonds is 8. The Hall–Kier alpha value is -3.22. The van der Waals surface area contributed by atoms with E-state index in [2.05, 4.69) is 30.4 Å². The molecule has 0 heterocycles. The van der Waals surface area contributed by atoms with E-state index >= 15 is 0 Å². The standard InChI is InChI=1S/C21H26N2O5/c1-13(2)16-7-6-14(3)17(10-16)28-12-20(24)23-22-11-15-8-18(26-4)21(25)19(9-15)27-5/h6-11,13,25H,12H2,1-5H3,(H,23,24). The van der Waals surface area contributed by atoms with Crippen LogP contribution in [0.1, 0.15) is 36.5 Å². The number of phenols is 1. The number of aryl methyl sites for hydroxylation is 1. The van der Waals surface area contributed by atoms with Gasteiger partial charge in [-0.3, -0.25) is 4.79 Å². The fourth-order valence-corrected chi connectivity index (χ4v) is 2.47. The van der Waals surface area contributed by atoms with Gasteiger partial charge in [0.05, 0.1) is 20.4 Å². The summed E-state index contributed by atoms with van der Waals surface area (Å²) in [6.45, 7) is 5.98. The predicted molar refractivity (Wildman–Crippen MR) is 108 cm³/mol. The number of hydrazone groups is 1. The Morgan fingerprint density at radius 1 is 1.14 bits per heavy atom. The molecule has 7 nitrogen and oxygen atoms in total. The second-order valence-corrected chi connectivity index (χ2v) is 6.54. The van der Waals surface area contributed by atoms with Gasteiger partial charge in [-0.1, -0.05) is 26.0 Å². The molecule has 0 bridgehead atoms. The van der Waals surface area contributed by atoms with Crippen LogP contribution in [0.25, 0.3) is 0 Å². The number of carbonyl (C=O) groups is 1. The van der Waals surface area contributed by atoms with E-state index in [-0.39, 0.29) is 29.8 Å². The van der Waals surface area contributed by atoms with E-state index in [1.165, 1.54) is 20.4 Å². The van der Waals surface area contributed by atoms with Crippen LogP contribution in [0.4, 0.5) is 0 Å². The number of benzene rings is 2. The van der Waals surface area contributed by atoms with Crippen LogP contribution >= 0.6 is 0 Å². The zero-order valence-corrected chi connectivity index (χ0v) is 16.8. The Morgan fingerprint density at radius 3 is 2.36 bits per heavy atom. The van der Waals surface area contributed by atoms with Gasteiger partial charge < -0.3 is 19.3 Å². The molecule has 0 aliphatic carbocycles. The molecule has 0 atom stereocenters. The fraction of sp³-hybridized carbons (Fsp3) is 0.333. The molecular weight excluding hydrogens is 360 g/mol. The van der Waals surface area contributed by atoms with E-state index in [0.717, 1.165) is 11.1 Å². The summed E-state index contributed by atoms with van der Waals surface area (Å²) in [5.74, 6) is 1.06. The van der Waals surface area contributed by atoms with Crippen molar-refractivity contribution in [3.05, 3.63) is 47.0 Å². The van der Waals surface area contributed by atoms with E-state index in [0.29, 0.717) is 17.2 Å². The summed E-state index contributed by atoms with van der Waals surface area (Å²) in [4.78, 5) is 12.0. The number of hydrogen-bond donors (Lipinski definition) is 2. The number of amides is 1. The van der Waals surface area contributed by atoms with Gasteiger partial charge in [0.1, 0.15) is 5.75 Å². The zero-order chi connectivity index (χ0) is 20.7. The molecule has 0 saturated heterocycles. The summed E-state index contributed by atoms with van der Waals surface area (Å²) in [5.41, 5.74) is 5.11. The molecule has 0 aliphatic rings. The van der Waals surface area contributed by atoms with Gasteiger partial charge in [-0.05, 0) is 42.2 Å². The first-order valence-electron chi connectivity index (χ1n) is 8.86. The number of nitrogens with one attached hydrogen (secondary N) is 1. The van der Waals surface area contributed by atoms with Crippen molar-refractivity contribution in [2.45, 2.75) is 26.7 Å². The summed E-state index contributed by atoms with van der Waals surface area (Å²) in [6.07, 6.45) is 1.42. The minimum atomic E-state index is -0.386. The molecule has 7 heteroatoms. The van der Waals surface area contributed by atoms with Crippen molar-refractivity contribution in [1.82, 2.24) is 5.43 Å². The molecule has 2 aromatic rings. The number of nitrogens with zero attached hydrogens (tertiary/aromatic N) is 1. The Morgan fingerprint density at radius 2 is 1.79 bits per heavy atom. The normalized spacial score (nSPS) is 10.9. The Bertz CT molecular complexity index is 837. The van der Waals surface area contributed by atoms with Crippen molar-refractivity contribution >= 4 is 12.1 Å². The van der Waals surface area contributed by atoms with E-state index in [4.69, 9.17) is 14.2 Å². The molecule has 0 unspecified atom stereocenters. The van der Waals surface area contributed by atoms with Crippen LogP contribution in [0.15, 0.2) is 35.4 Å². The molecule has 0 radical (unpaired) electrons. The van der Waals surface area contributed by atoms with Gasteiger partial charge in [-0.15, -0.1) is 0 Å². The maximum atomic E-state index is 12.0. The predicted octanol–water partition coefficient (Wildman–Crippen LogP) is 3.37. The Kier molecular flexibility index (Phi) is 7.26. The van der Waals surface area contributed by atoms with Crippen molar-refractivity contribution in [2.24, 2.45) is 5.10 Å². The smallest absolute Gasteiger partial charge is 0.277 e. The van der Waals surface area contributed by atoms with Crippen molar-refractivity contribution in [1.29, 1.82) is 0 Å². The van der Waals surface area contributed by atoms with Crippen LogP contribution in [-0.2, 0) is 4.79 Å². The highest BCUT2D eigenvalue weighted by Gasteiger charge is 2.11. The molecule has 0 spiro atoms. The fourth-order valence-electron chi connectivity index (χ4n) is 2.47. The second kappa shape index (κ2) is 9.64. The molecule has 0 aromatic heterocycles. The van der Waals surface area contributed by atoms with Gasteiger partial charge in [0, 0.05) is 5.56 Å². The number of phenolic OH excluding ortho intramolecular Hbond substituents is 1. The third-order valence-electron chi connectivity index (χ3n) is 4.14. The van der Waals surface area contributed by atoms with Crippen molar-refractivity contribution in [3.8, 4) is 23.0 Å². The van der Waals surface area contributed by atoms with Crippen LogP contribution in [0.3, 0.4) is 0 Å². The summed E-state index contributed by atoms with van der Waals surface area (Å²) in [5, 5.41) is 13.8. The summed E-state index contributed by atoms with van der Waals surface area (Å²) in [6, 6.07) is 9.13. The quantitative estimate of drug-likeness (QED) is 0.536. The van der Waals surface area contributed by atoms with Crippen LogP contribution in [0.2, 0.25) is 0 Å². The van der Waals surface area contributed by atoms with E-state index in [1.54, 1.807) is 12.1 Å². The van der Waals surface area contributed by atoms with E-state index in [1.807, 2.05) is 19.1 Å². The van der Waals surface area contributed by atoms with Gasteiger partial charge in [-0.2, -0.15) is 5.10 Å². The summed E-state index contributed by atoms with van der Waals surface area (Å²) in [7, 11) is 2.87.